The van der Waals surface area contributed by atoms with E-state index in [-0.39, 0.29) is 17.1 Å². The zero-order valence-corrected chi connectivity index (χ0v) is 18.2. The van der Waals surface area contributed by atoms with Crippen LogP contribution in [-0.2, 0) is 0 Å². The molecule has 0 radical (unpaired) electrons. The lowest BCUT2D eigenvalue weighted by molar-refractivity contribution is 0.102. The summed E-state index contributed by atoms with van der Waals surface area (Å²) in [5.74, 6) is -0.164. The number of imidazole rings is 1. The van der Waals surface area contributed by atoms with Crippen LogP contribution in [0.3, 0.4) is 0 Å². The first-order valence-electron chi connectivity index (χ1n) is 10.5. The summed E-state index contributed by atoms with van der Waals surface area (Å²) in [6.07, 6.45) is 3.38. The van der Waals surface area contributed by atoms with Crippen molar-refractivity contribution < 1.29 is 9.18 Å². The van der Waals surface area contributed by atoms with Crippen LogP contribution < -0.4 is 15.5 Å². The Morgan fingerprint density at radius 3 is 2.94 bits per heavy atom. The zero-order chi connectivity index (χ0) is 22.5. The maximum absolute atomic E-state index is 15.0. The van der Waals surface area contributed by atoms with Crippen molar-refractivity contribution in [1.82, 2.24) is 24.9 Å². The Morgan fingerprint density at radius 1 is 1.28 bits per heavy atom. The molecule has 0 unspecified atom stereocenters. The molecule has 4 heterocycles. The standard InChI is InChI=1S/C23H24FN7O/c1-14-12-31-20(27-14)17(24)11-18(22(31)30-10-9-25-23(2,3)13-30)28-21(32)16-6-4-5-15-7-8-26-29-19(15)16/h4-8,11-12,25H,9-10,13H2,1-3H3,(H,28,32). The van der Waals surface area contributed by atoms with Crippen molar-refractivity contribution >= 4 is 34.0 Å². The van der Waals surface area contributed by atoms with Gasteiger partial charge in [0.25, 0.3) is 5.91 Å². The Labute approximate surface area is 184 Å². The fraction of sp³-hybridized carbons (Fsp3) is 0.304. The van der Waals surface area contributed by atoms with Gasteiger partial charge >= 0.3 is 0 Å². The van der Waals surface area contributed by atoms with Gasteiger partial charge in [-0.2, -0.15) is 5.10 Å². The van der Waals surface area contributed by atoms with Crippen LogP contribution in [0.5, 0.6) is 0 Å². The normalized spacial score (nSPS) is 15.9. The lowest BCUT2D eigenvalue weighted by Gasteiger charge is -2.41. The van der Waals surface area contributed by atoms with Crippen molar-refractivity contribution in [1.29, 1.82) is 0 Å². The number of aromatic nitrogens is 4. The second-order valence-corrected chi connectivity index (χ2v) is 8.77. The summed E-state index contributed by atoms with van der Waals surface area (Å²) in [4.78, 5) is 19.8. The molecule has 1 aliphatic rings. The van der Waals surface area contributed by atoms with Crippen LogP contribution in [0.15, 0.2) is 42.7 Å². The summed E-state index contributed by atoms with van der Waals surface area (Å²) in [5.41, 5.74) is 2.06. The molecule has 1 amide bonds. The molecule has 0 atom stereocenters. The quantitative estimate of drug-likeness (QED) is 0.516. The van der Waals surface area contributed by atoms with E-state index in [9.17, 15) is 9.18 Å². The number of nitrogens with one attached hydrogen (secondary N) is 2. The highest BCUT2D eigenvalue weighted by Crippen LogP contribution is 2.32. The van der Waals surface area contributed by atoms with E-state index in [4.69, 9.17) is 0 Å². The molecule has 4 aromatic rings. The number of fused-ring (bicyclic) bond motifs is 2. The Kier molecular flexibility index (Phi) is 4.78. The number of rotatable bonds is 3. The Hall–Kier alpha value is -3.59. The van der Waals surface area contributed by atoms with E-state index in [0.29, 0.717) is 41.4 Å². The minimum atomic E-state index is -0.496. The van der Waals surface area contributed by atoms with Gasteiger partial charge in [0.15, 0.2) is 11.5 Å². The van der Waals surface area contributed by atoms with Crippen molar-refractivity contribution in [2.75, 3.05) is 29.9 Å². The average Bonchev–Trinajstić information content (AvgIpc) is 3.14. The van der Waals surface area contributed by atoms with Crippen molar-refractivity contribution in [2.24, 2.45) is 0 Å². The molecule has 1 saturated heterocycles. The molecule has 9 heteroatoms. The van der Waals surface area contributed by atoms with E-state index in [1.807, 2.05) is 13.0 Å². The van der Waals surface area contributed by atoms with Crippen LogP contribution in [0, 0.1) is 12.7 Å². The predicted molar refractivity (Wildman–Crippen MR) is 122 cm³/mol. The molecule has 1 aromatic carbocycles. The van der Waals surface area contributed by atoms with Crippen molar-refractivity contribution in [3.8, 4) is 0 Å². The molecular weight excluding hydrogens is 409 g/mol. The molecule has 1 fully saturated rings. The third kappa shape index (κ3) is 3.54. The minimum Gasteiger partial charge on any atom is -0.353 e. The van der Waals surface area contributed by atoms with E-state index in [1.165, 1.54) is 6.07 Å². The second kappa shape index (κ2) is 7.52. The zero-order valence-electron chi connectivity index (χ0n) is 18.2. The summed E-state index contributed by atoms with van der Waals surface area (Å²) in [6.45, 7) is 8.23. The number of hydrogen-bond donors (Lipinski definition) is 2. The van der Waals surface area contributed by atoms with E-state index in [0.717, 1.165) is 11.9 Å². The van der Waals surface area contributed by atoms with Crippen LogP contribution in [-0.4, -0.2) is 50.7 Å². The number of carbonyl (C=O) groups is 1. The van der Waals surface area contributed by atoms with E-state index >= 15 is 0 Å². The van der Waals surface area contributed by atoms with Gasteiger partial charge in [-0.25, -0.2) is 9.37 Å². The molecule has 32 heavy (non-hydrogen) atoms. The molecule has 1 aliphatic heterocycles. The third-order valence-corrected chi connectivity index (χ3v) is 5.69. The van der Waals surface area contributed by atoms with Gasteiger partial charge in [-0.15, -0.1) is 5.10 Å². The first kappa shape index (κ1) is 20.3. The molecular formula is C23H24FN7O. The SMILES string of the molecule is Cc1cn2c(N3CCNC(C)(C)C3)c(NC(=O)c3cccc4ccnnc34)cc(F)c2n1. The van der Waals surface area contributed by atoms with Crippen LogP contribution in [0.25, 0.3) is 16.6 Å². The summed E-state index contributed by atoms with van der Waals surface area (Å²) < 4.78 is 16.7. The Bertz CT molecular complexity index is 1340. The molecule has 3 aromatic heterocycles. The third-order valence-electron chi connectivity index (χ3n) is 5.69. The summed E-state index contributed by atoms with van der Waals surface area (Å²) >= 11 is 0. The number of hydrogen-bond acceptors (Lipinski definition) is 6. The fourth-order valence-electron chi connectivity index (χ4n) is 4.34. The van der Waals surface area contributed by atoms with Gasteiger partial charge in [0.2, 0.25) is 0 Å². The number of pyridine rings is 1. The number of halogens is 1. The van der Waals surface area contributed by atoms with Gasteiger partial charge in [0.05, 0.1) is 23.1 Å². The fourth-order valence-corrected chi connectivity index (χ4v) is 4.34. The van der Waals surface area contributed by atoms with Gasteiger partial charge in [-0.05, 0) is 32.9 Å². The van der Waals surface area contributed by atoms with E-state index in [2.05, 4.69) is 44.6 Å². The van der Waals surface area contributed by atoms with Crippen LogP contribution in [0.1, 0.15) is 29.9 Å². The number of nitrogens with zero attached hydrogens (tertiary/aromatic N) is 5. The molecule has 0 saturated carbocycles. The van der Waals surface area contributed by atoms with Gasteiger partial charge < -0.3 is 15.5 Å². The monoisotopic (exact) mass is 433 g/mol. The van der Waals surface area contributed by atoms with Gasteiger partial charge in [-0.3, -0.25) is 9.20 Å². The van der Waals surface area contributed by atoms with Crippen LogP contribution >= 0.6 is 0 Å². The summed E-state index contributed by atoms with van der Waals surface area (Å²) in [6, 6.07) is 8.50. The number of amides is 1. The molecule has 0 aliphatic carbocycles. The summed E-state index contributed by atoms with van der Waals surface area (Å²) in [7, 11) is 0. The van der Waals surface area contributed by atoms with Crippen molar-refractivity contribution in [2.45, 2.75) is 26.3 Å². The Balaban J connectivity index is 1.62. The predicted octanol–water partition coefficient (Wildman–Crippen LogP) is 3.17. The largest absolute Gasteiger partial charge is 0.353 e. The average molecular weight is 433 g/mol. The molecule has 8 nitrogen and oxygen atoms in total. The highest BCUT2D eigenvalue weighted by molar-refractivity contribution is 6.12. The van der Waals surface area contributed by atoms with Gasteiger partial charge in [-0.1, -0.05) is 12.1 Å². The molecule has 0 bridgehead atoms. The first-order chi connectivity index (χ1) is 15.3. The smallest absolute Gasteiger partial charge is 0.258 e. The molecule has 5 rings (SSSR count). The van der Waals surface area contributed by atoms with Gasteiger partial charge in [0, 0.05) is 42.8 Å². The lowest BCUT2D eigenvalue weighted by atomic mass is 10.0. The molecule has 164 valence electrons. The maximum atomic E-state index is 15.0. The molecule has 0 spiro atoms. The van der Waals surface area contributed by atoms with Crippen molar-refractivity contribution in [3.63, 3.8) is 0 Å². The highest BCUT2D eigenvalue weighted by Gasteiger charge is 2.30. The number of aryl methyl sites for hydroxylation is 1. The summed E-state index contributed by atoms with van der Waals surface area (Å²) in [5, 5.41) is 15.3. The Morgan fingerprint density at radius 2 is 2.12 bits per heavy atom. The van der Waals surface area contributed by atoms with E-state index < -0.39 is 5.82 Å². The lowest BCUT2D eigenvalue weighted by Crippen LogP contribution is -2.57. The second-order valence-electron chi connectivity index (χ2n) is 8.77. The number of piperazine rings is 1. The highest BCUT2D eigenvalue weighted by atomic mass is 19.1. The molecule has 2 N–H and O–H groups in total. The minimum absolute atomic E-state index is 0.138. The van der Waals surface area contributed by atoms with Gasteiger partial charge in [0.1, 0.15) is 11.3 Å². The van der Waals surface area contributed by atoms with Crippen molar-refractivity contribution in [3.05, 3.63) is 59.8 Å². The number of carbonyl (C=O) groups excluding carboxylic acids is 1. The topological polar surface area (TPSA) is 87.5 Å². The number of anilines is 2. The number of benzene rings is 1. The van der Waals surface area contributed by atoms with Crippen LogP contribution in [0.2, 0.25) is 0 Å². The van der Waals surface area contributed by atoms with E-state index in [1.54, 1.807) is 35.0 Å². The first-order valence-corrected chi connectivity index (χ1v) is 10.5. The van der Waals surface area contributed by atoms with Crippen LogP contribution in [0.4, 0.5) is 15.9 Å². The maximum Gasteiger partial charge on any atom is 0.258 e.